The van der Waals surface area contributed by atoms with Gasteiger partial charge in [-0.15, -0.1) is 4.83 Å². The van der Waals surface area contributed by atoms with Crippen molar-refractivity contribution in [1.82, 2.24) is 31.5 Å². The number of amides is 4. The van der Waals surface area contributed by atoms with Crippen LogP contribution >= 0.6 is 0 Å². The van der Waals surface area contributed by atoms with Crippen LogP contribution in [0.2, 0.25) is 0 Å². The second kappa shape index (κ2) is 20.2. The predicted molar refractivity (Wildman–Crippen MR) is 201 cm³/mol. The lowest BCUT2D eigenvalue weighted by atomic mass is 9.88. The number of ether oxygens (including phenoxy) is 2. The highest BCUT2D eigenvalue weighted by Crippen LogP contribution is 2.42. The van der Waals surface area contributed by atoms with E-state index >= 15 is 0 Å². The summed E-state index contributed by atoms with van der Waals surface area (Å²) in [5.41, 5.74) is 5.54. The largest absolute Gasteiger partial charge is 0.487 e. The fourth-order valence-corrected chi connectivity index (χ4v) is 7.15. The molecular formula is C36H49N7O12S. The first-order valence-electron chi connectivity index (χ1n) is 17.6. The monoisotopic (exact) mass is 803 g/mol. The summed E-state index contributed by atoms with van der Waals surface area (Å²) in [7, 11) is -4.04. The number of aliphatic imine (C=N–C) groups is 1. The van der Waals surface area contributed by atoms with Crippen LogP contribution in [0.5, 0.6) is 5.75 Å². The molecule has 0 saturated carbocycles. The Kier molecular flexibility index (Phi) is 16.1. The maximum atomic E-state index is 13.4. The molecular weight excluding hydrogens is 754 g/mol. The minimum atomic E-state index is -4.04. The molecule has 1 heterocycles. The Morgan fingerprint density at radius 3 is 2.21 bits per heavy atom. The first-order valence-corrected chi connectivity index (χ1v) is 19.1. The van der Waals surface area contributed by atoms with Crippen molar-refractivity contribution < 1.29 is 56.9 Å². The summed E-state index contributed by atoms with van der Waals surface area (Å²) in [6, 6.07) is 5.80. The molecule has 4 amide bonds. The van der Waals surface area contributed by atoms with Crippen LogP contribution in [-0.4, -0.2) is 98.0 Å². The minimum absolute atomic E-state index is 0.0385. The SMILES string of the molecule is Cc1c(C)c(S(=O)(=O)NNC=NCCC[C@H](NC(=O)CNC(=O)OCc2ccccc2)C(=O)NCC(=O)N[C@@H](CC(=O)O)C(=O)O)c(C)c2c1OC(C)(C)CC2. The van der Waals surface area contributed by atoms with Crippen molar-refractivity contribution in [2.45, 2.75) is 95.9 Å². The van der Waals surface area contributed by atoms with Crippen molar-refractivity contribution >= 4 is 52.1 Å². The molecule has 19 nitrogen and oxygen atoms in total. The number of nitrogens with one attached hydrogen (secondary N) is 6. The maximum absolute atomic E-state index is 13.4. The van der Waals surface area contributed by atoms with Gasteiger partial charge in [-0.3, -0.25) is 29.6 Å². The van der Waals surface area contributed by atoms with Gasteiger partial charge in [0.1, 0.15) is 36.6 Å². The third-order valence-electron chi connectivity index (χ3n) is 8.76. The number of carboxylic acid groups (broad SMARTS) is 2. The third kappa shape index (κ3) is 13.5. The standard InChI is InChI=1S/C36H49N7O12S/c1-21-22(2)32(23(3)25-13-14-36(4,5)55-31(21)25)56(52,53)43-40-20-37-15-9-12-26(33(48)38-17-28(44)42-27(34(49)50)16-30(46)47)41-29(45)18-39-35(51)54-19-24-10-7-6-8-11-24/h6-8,10-11,20,26-27,43H,9,12-19H2,1-5H3,(H,37,40)(H,38,48)(H,39,51)(H,41,45)(H,42,44)(H,46,47)(H,49,50)/t26-,27-/m0/s1. The lowest BCUT2D eigenvalue weighted by Gasteiger charge is -2.35. The number of alkyl carbamates (subject to hydrolysis) is 1. The normalized spacial score (nSPS) is 14.3. The molecule has 0 aliphatic carbocycles. The van der Waals surface area contributed by atoms with Crippen molar-refractivity contribution in [2.24, 2.45) is 4.99 Å². The van der Waals surface area contributed by atoms with E-state index < -0.39 is 77.4 Å². The molecule has 3 rings (SSSR count). The van der Waals surface area contributed by atoms with Gasteiger partial charge in [-0.1, -0.05) is 30.3 Å². The van der Waals surface area contributed by atoms with E-state index in [-0.39, 0.29) is 36.5 Å². The first-order chi connectivity index (χ1) is 26.3. The Hall–Kier alpha value is -5.76. The third-order valence-corrected chi connectivity index (χ3v) is 10.3. The number of fused-ring (bicyclic) bond motifs is 1. The quantitative estimate of drug-likeness (QED) is 0.0400. The lowest BCUT2D eigenvalue weighted by molar-refractivity contribution is -0.147. The van der Waals surface area contributed by atoms with E-state index in [4.69, 9.17) is 19.7 Å². The summed E-state index contributed by atoms with van der Waals surface area (Å²) < 4.78 is 38.0. The number of carbonyl (C=O) groups is 6. The van der Waals surface area contributed by atoms with Gasteiger partial charge in [-0.2, -0.15) is 0 Å². The van der Waals surface area contributed by atoms with Gasteiger partial charge < -0.3 is 41.0 Å². The van der Waals surface area contributed by atoms with Gasteiger partial charge in [0.25, 0.3) is 10.0 Å². The van der Waals surface area contributed by atoms with Crippen LogP contribution in [0.4, 0.5) is 4.79 Å². The number of hydrogen-bond donors (Lipinski definition) is 8. The highest BCUT2D eigenvalue weighted by Gasteiger charge is 2.33. The Labute approximate surface area is 324 Å². The van der Waals surface area contributed by atoms with Crippen molar-refractivity contribution in [2.75, 3.05) is 19.6 Å². The Morgan fingerprint density at radius 1 is 0.929 bits per heavy atom. The van der Waals surface area contributed by atoms with E-state index in [2.05, 4.69) is 31.2 Å². The van der Waals surface area contributed by atoms with Crippen LogP contribution < -0.4 is 36.3 Å². The molecule has 1 aliphatic rings. The Bertz CT molecular complexity index is 1920. The number of nitrogens with zero attached hydrogens (tertiary/aromatic N) is 1. The highest BCUT2D eigenvalue weighted by molar-refractivity contribution is 7.89. The number of rotatable bonds is 20. The molecule has 0 unspecified atom stereocenters. The van der Waals surface area contributed by atoms with E-state index in [0.29, 0.717) is 23.3 Å². The van der Waals surface area contributed by atoms with Gasteiger partial charge in [0.15, 0.2) is 0 Å². The summed E-state index contributed by atoms with van der Waals surface area (Å²) in [5.74, 6) is -4.97. The van der Waals surface area contributed by atoms with E-state index in [0.717, 1.165) is 29.4 Å². The molecule has 2 atom stereocenters. The fraction of sp³-hybridized carbons (Fsp3) is 0.472. The number of benzene rings is 2. The van der Waals surface area contributed by atoms with E-state index in [9.17, 15) is 37.2 Å². The van der Waals surface area contributed by atoms with Crippen LogP contribution in [0.15, 0.2) is 40.2 Å². The van der Waals surface area contributed by atoms with Gasteiger partial charge in [-0.05, 0) is 88.1 Å². The molecule has 0 saturated heterocycles. The second-order valence-electron chi connectivity index (χ2n) is 13.6. The number of hydrogen-bond acceptors (Lipinski definition) is 11. The number of hydrazine groups is 1. The molecule has 20 heteroatoms. The highest BCUT2D eigenvalue weighted by atomic mass is 32.2. The van der Waals surface area contributed by atoms with Crippen molar-refractivity contribution in [3.63, 3.8) is 0 Å². The molecule has 2 aromatic carbocycles. The average Bonchev–Trinajstić information content (AvgIpc) is 3.12. The molecule has 0 fully saturated rings. The zero-order valence-corrected chi connectivity index (χ0v) is 32.6. The zero-order chi connectivity index (χ0) is 41.6. The van der Waals surface area contributed by atoms with E-state index in [1.54, 1.807) is 44.2 Å². The minimum Gasteiger partial charge on any atom is -0.487 e. The molecule has 0 radical (unpaired) electrons. The molecule has 1 aliphatic heterocycles. The fourth-order valence-electron chi connectivity index (χ4n) is 5.75. The molecule has 56 heavy (non-hydrogen) atoms. The van der Waals surface area contributed by atoms with Crippen LogP contribution in [0.1, 0.15) is 67.3 Å². The first kappa shape index (κ1) is 44.6. The summed E-state index contributed by atoms with van der Waals surface area (Å²) in [5, 5.41) is 27.0. The number of sulfonamides is 1. The molecule has 2 aromatic rings. The van der Waals surface area contributed by atoms with Gasteiger partial charge in [0.05, 0.1) is 24.2 Å². The molecule has 0 aromatic heterocycles. The van der Waals surface area contributed by atoms with E-state index in [1.807, 2.05) is 26.1 Å². The van der Waals surface area contributed by atoms with Gasteiger partial charge in [0, 0.05) is 6.54 Å². The van der Waals surface area contributed by atoms with Gasteiger partial charge in [0.2, 0.25) is 17.7 Å². The second-order valence-corrected chi connectivity index (χ2v) is 15.2. The van der Waals surface area contributed by atoms with E-state index in [1.165, 1.54) is 0 Å². The topological polar surface area (TPSA) is 280 Å². The molecule has 0 bridgehead atoms. The summed E-state index contributed by atoms with van der Waals surface area (Å²) in [6.07, 6.45) is 0.854. The molecule has 8 N–H and O–H groups in total. The zero-order valence-electron chi connectivity index (χ0n) is 31.8. The summed E-state index contributed by atoms with van der Waals surface area (Å²) in [4.78, 5) is 78.9. The lowest BCUT2D eigenvalue weighted by Crippen LogP contribution is -2.52. The predicted octanol–water partition coefficient (Wildman–Crippen LogP) is 0.878. The maximum Gasteiger partial charge on any atom is 0.407 e. The Morgan fingerprint density at radius 2 is 1.57 bits per heavy atom. The molecule has 306 valence electrons. The van der Waals surface area contributed by atoms with Crippen molar-refractivity contribution in [1.29, 1.82) is 0 Å². The summed E-state index contributed by atoms with van der Waals surface area (Å²) in [6.45, 7) is 7.96. The van der Waals surface area contributed by atoms with Crippen LogP contribution in [-0.2, 0) is 51.8 Å². The number of carbonyl (C=O) groups excluding carboxylic acids is 4. The molecule has 0 spiro atoms. The van der Waals surface area contributed by atoms with Gasteiger partial charge in [-0.25, -0.2) is 18.0 Å². The van der Waals surface area contributed by atoms with Gasteiger partial charge >= 0.3 is 18.0 Å². The summed E-state index contributed by atoms with van der Waals surface area (Å²) >= 11 is 0. The Balaban J connectivity index is 1.58. The van der Waals surface area contributed by atoms with Crippen LogP contribution in [0.3, 0.4) is 0 Å². The van der Waals surface area contributed by atoms with Crippen LogP contribution in [0.25, 0.3) is 0 Å². The van der Waals surface area contributed by atoms with Crippen molar-refractivity contribution in [3.05, 3.63) is 58.1 Å². The number of aliphatic carboxylic acids is 2. The average molecular weight is 804 g/mol. The smallest absolute Gasteiger partial charge is 0.407 e. The van der Waals surface area contributed by atoms with Crippen molar-refractivity contribution in [3.8, 4) is 5.75 Å². The number of carboxylic acids is 2. The van der Waals surface area contributed by atoms with Crippen LogP contribution in [0, 0.1) is 20.8 Å².